The molecule has 0 fully saturated rings. The summed E-state index contributed by atoms with van der Waals surface area (Å²) in [6.45, 7) is 6.74. The van der Waals surface area contributed by atoms with Gasteiger partial charge in [-0.2, -0.15) is 16.8 Å². The first-order valence-electron chi connectivity index (χ1n) is 12.2. The number of aryl methyl sites for hydroxylation is 4. The summed E-state index contributed by atoms with van der Waals surface area (Å²) in [5.74, 6) is 0.0184. The summed E-state index contributed by atoms with van der Waals surface area (Å²) in [5.41, 5.74) is 2.70. The van der Waals surface area contributed by atoms with Crippen molar-refractivity contribution < 1.29 is 30.0 Å². The van der Waals surface area contributed by atoms with Gasteiger partial charge in [0.1, 0.15) is 15.5 Å². The molecule has 0 unspecified atom stereocenters. The number of benzene rings is 4. The molecule has 4 rings (SSSR count). The van der Waals surface area contributed by atoms with E-state index in [1.54, 1.807) is 76.2 Å². The van der Waals surface area contributed by atoms with Gasteiger partial charge in [0.15, 0.2) is 5.75 Å². The lowest BCUT2D eigenvalue weighted by Crippen LogP contribution is -2.21. The molecule has 0 saturated carbocycles. The molecular formula is C29H28N2O7S2. The van der Waals surface area contributed by atoms with Gasteiger partial charge in [0.25, 0.3) is 0 Å². The zero-order valence-corrected chi connectivity index (χ0v) is 23.9. The number of hydrogen-bond donors (Lipinski definition) is 2. The topological polar surface area (TPSA) is 128 Å². The van der Waals surface area contributed by atoms with E-state index >= 15 is 0 Å². The largest absolute Gasteiger partial charge is 0.379 e. The van der Waals surface area contributed by atoms with Gasteiger partial charge in [0, 0.05) is 5.69 Å². The van der Waals surface area contributed by atoms with Crippen LogP contribution in [-0.2, 0) is 20.2 Å². The predicted molar refractivity (Wildman–Crippen MR) is 153 cm³/mol. The second-order valence-electron chi connectivity index (χ2n) is 9.12. The zero-order chi connectivity index (χ0) is 29.1. The number of anilines is 2. The van der Waals surface area contributed by atoms with E-state index in [0.29, 0.717) is 27.9 Å². The summed E-state index contributed by atoms with van der Waals surface area (Å²) < 4.78 is 62.4. The molecule has 4 aromatic carbocycles. The van der Waals surface area contributed by atoms with Crippen molar-refractivity contribution in [2.24, 2.45) is 0 Å². The van der Waals surface area contributed by atoms with Crippen LogP contribution in [0.4, 0.5) is 16.2 Å². The van der Waals surface area contributed by atoms with Crippen LogP contribution >= 0.6 is 0 Å². The molecule has 0 aliphatic carbocycles. The number of para-hydroxylation sites is 2. The van der Waals surface area contributed by atoms with Crippen LogP contribution in [0.1, 0.15) is 22.3 Å². The highest BCUT2D eigenvalue weighted by molar-refractivity contribution is 7.87. The van der Waals surface area contributed by atoms with Crippen LogP contribution in [0.3, 0.4) is 0 Å². The lowest BCUT2D eigenvalue weighted by molar-refractivity contribution is 0.262. The Kier molecular flexibility index (Phi) is 8.17. The normalized spacial score (nSPS) is 11.5. The minimum absolute atomic E-state index is 0.0549. The lowest BCUT2D eigenvalue weighted by Gasteiger charge is -2.15. The second kappa shape index (κ2) is 11.4. The highest BCUT2D eigenvalue weighted by Crippen LogP contribution is 2.30. The van der Waals surface area contributed by atoms with Crippen molar-refractivity contribution in [2.45, 2.75) is 37.5 Å². The summed E-state index contributed by atoms with van der Waals surface area (Å²) in [4.78, 5) is 12.9. The Labute approximate surface area is 234 Å². The van der Waals surface area contributed by atoms with Crippen molar-refractivity contribution in [3.63, 3.8) is 0 Å². The van der Waals surface area contributed by atoms with E-state index in [-0.39, 0.29) is 27.0 Å². The Morgan fingerprint density at radius 2 is 1.05 bits per heavy atom. The van der Waals surface area contributed by atoms with E-state index in [4.69, 9.17) is 8.37 Å². The van der Waals surface area contributed by atoms with Crippen LogP contribution in [0.5, 0.6) is 11.5 Å². The van der Waals surface area contributed by atoms with Gasteiger partial charge in [-0.3, -0.25) is 0 Å². The number of hydrogen-bond acceptors (Lipinski definition) is 7. The fourth-order valence-corrected chi connectivity index (χ4v) is 7.00. The van der Waals surface area contributed by atoms with Gasteiger partial charge in [0.2, 0.25) is 0 Å². The Hall–Kier alpha value is -4.35. The second-order valence-corrected chi connectivity index (χ2v) is 12.1. The molecule has 0 aromatic heterocycles. The Balaban J connectivity index is 1.45. The van der Waals surface area contributed by atoms with Crippen LogP contribution in [0.25, 0.3) is 0 Å². The number of rotatable bonds is 8. The van der Waals surface area contributed by atoms with E-state index in [0.717, 1.165) is 0 Å². The van der Waals surface area contributed by atoms with Crippen molar-refractivity contribution in [3.8, 4) is 11.5 Å². The average molecular weight is 581 g/mol. The number of nitrogens with one attached hydrogen (secondary N) is 2. The molecule has 4 aromatic rings. The third kappa shape index (κ3) is 6.44. The fourth-order valence-electron chi connectivity index (χ4n) is 4.24. The first-order valence-corrected chi connectivity index (χ1v) is 15.0. The molecule has 0 atom stereocenters. The standard InChI is InChI=1S/C29H28N2O7S2/c1-19-9-7-10-20(2)27(19)39(33,34)37-24-17-15-23(16-18-24)30-29(32)31-25-13-5-6-14-26(25)38-40(35,36)28-21(3)11-8-12-22(28)4/h5-18H,1-4H3,(H2,30,31,32). The van der Waals surface area contributed by atoms with E-state index < -0.39 is 26.3 Å². The molecule has 0 aliphatic rings. The molecule has 2 amide bonds. The number of urea groups is 1. The Morgan fingerprint density at radius 1 is 0.575 bits per heavy atom. The van der Waals surface area contributed by atoms with Crippen LogP contribution in [0.2, 0.25) is 0 Å². The summed E-state index contributed by atoms with van der Waals surface area (Å²) in [5, 5.41) is 5.19. The maximum Gasteiger partial charge on any atom is 0.339 e. The minimum Gasteiger partial charge on any atom is -0.379 e. The fraction of sp³-hybridized carbons (Fsp3) is 0.138. The number of amides is 2. The van der Waals surface area contributed by atoms with E-state index in [9.17, 15) is 21.6 Å². The summed E-state index contributed by atoms with van der Waals surface area (Å²) in [6, 6.07) is 21.5. The predicted octanol–water partition coefficient (Wildman–Crippen LogP) is 6.10. The van der Waals surface area contributed by atoms with Crippen molar-refractivity contribution in [1.82, 2.24) is 0 Å². The molecule has 0 aliphatic heterocycles. The van der Waals surface area contributed by atoms with E-state index in [1.165, 1.54) is 36.4 Å². The third-order valence-electron chi connectivity index (χ3n) is 5.97. The Morgan fingerprint density at radius 3 is 1.57 bits per heavy atom. The molecule has 208 valence electrons. The van der Waals surface area contributed by atoms with Crippen molar-refractivity contribution in [2.75, 3.05) is 10.6 Å². The summed E-state index contributed by atoms with van der Waals surface area (Å²) in [6.07, 6.45) is 0. The number of carbonyl (C=O) groups excluding carboxylic acids is 1. The smallest absolute Gasteiger partial charge is 0.339 e. The number of carbonyl (C=O) groups is 1. The molecule has 11 heteroatoms. The van der Waals surface area contributed by atoms with Gasteiger partial charge < -0.3 is 19.0 Å². The van der Waals surface area contributed by atoms with E-state index in [2.05, 4.69) is 10.6 Å². The molecule has 40 heavy (non-hydrogen) atoms. The highest BCUT2D eigenvalue weighted by Gasteiger charge is 2.24. The lowest BCUT2D eigenvalue weighted by atomic mass is 10.2. The highest BCUT2D eigenvalue weighted by atomic mass is 32.2. The van der Waals surface area contributed by atoms with Gasteiger partial charge >= 0.3 is 26.3 Å². The Bertz CT molecular complexity index is 1740. The molecule has 0 heterocycles. The molecule has 9 nitrogen and oxygen atoms in total. The van der Waals surface area contributed by atoms with Gasteiger partial charge in [-0.05, 0) is 86.3 Å². The van der Waals surface area contributed by atoms with Crippen molar-refractivity contribution >= 4 is 37.6 Å². The quantitative estimate of drug-likeness (QED) is 0.241. The molecule has 0 spiro atoms. The first-order chi connectivity index (χ1) is 18.9. The van der Waals surface area contributed by atoms with Crippen LogP contribution in [0.15, 0.2) is 94.7 Å². The summed E-state index contributed by atoms with van der Waals surface area (Å²) in [7, 11) is -8.23. The van der Waals surface area contributed by atoms with Gasteiger partial charge in [0.05, 0.1) is 5.69 Å². The molecule has 0 saturated heterocycles. The van der Waals surface area contributed by atoms with Gasteiger partial charge in [-0.25, -0.2) is 4.79 Å². The van der Waals surface area contributed by atoms with Crippen LogP contribution < -0.4 is 19.0 Å². The van der Waals surface area contributed by atoms with Gasteiger partial charge in [-0.15, -0.1) is 0 Å². The molecule has 0 bridgehead atoms. The van der Waals surface area contributed by atoms with Gasteiger partial charge in [-0.1, -0.05) is 48.5 Å². The maximum absolute atomic E-state index is 13.0. The van der Waals surface area contributed by atoms with Crippen LogP contribution in [0, 0.1) is 27.7 Å². The summed E-state index contributed by atoms with van der Waals surface area (Å²) >= 11 is 0. The van der Waals surface area contributed by atoms with Crippen molar-refractivity contribution in [3.05, 3.63) is 107 Å². The molecule has 0 radical (unpaired) electrons. The van der Waals surface area contributed by atoms with E-state index in [1.807, 2.05) is 0 Å². The third-order valence-corrected chi connectivity index (χ3v) is 9.07. The minimum atomic E-state index is -4.17. The molecular weight excluding hydrogens is 552 g/mol. The molecule has 2 N–H and O–H groups in total. The monoisotopic (exact) mass is 580 g/mol. The van der Waals surface area contributed by atoms with Crippen molar-refractivity contribution in [1.29, 1.82) is 0 Å². The maximum atomic E-state index is 13.0. The average Bonchev–Trinajstić information content (AvgIpc) is 2.85. The zero-order valence-electron chi connectivity index (χ0n) is 22.3. The first kappa shape index (κ1) is 28.7. The SMILES string of the molecule is Cc1cccc(C)c1S(=O)(=O)Oc1ccc(NC(=O)Nc2ccccc2OS(=O)(=O)c2c(C)cccc2C)cc1. The van der Waals surface area contributed by atoms with Crippen LogP contribution in [-0.4, -0.2) is 22.9 Å².